The van der Waals surface area contributed by atoms with E-state index in [2.05, 4.69) is 69.5 Å². The molecule has 1 aliphatic carbocycles. The Balaban J connectivity index is 1.87. The number of thiophene rings is 1. The van der Waals surface area contributed by atoms with Crippen molar-refractivity contribution in [3.05, 3.63) is 69.2 Å². The van der Waals surface area contributed by atoms with Crippen molar-refractivity contribution >= 4 is 17.1 Å². The van der Waals surface area contributed by atoms with E-state index in [1.807, 2.05) is 4.68 Å². The summed E-state index contributed by atoms with van der Waals surface area (Å²) in [5.41, 5.74) is 5.20. The van der Waals surface area contributed by atoms with Gasteiger partial charge in [-0.3, -0.25) is 4.79 Å². The third-order valence-corrected chi connectivity index (χ3v) is 6.48. The van der Waals surface area contributed by atoms with Gasteiger partial charge in [-0.1, -0.05) is 45.9 Å². The Morgan fingerprint density at radius 1 is 1.19 bits per heavy atom. The zero-order valence-corrected chi connectivity index (χ0v) is 17.3. The molecule has 4 rings (SSSR count). The Labute approximate surface area is 165 Å². The molecule has 2 heterocycles. The summed E-state index contributed by atoms with van der Waals surface area (Å²) < 4.78 is 1.89. The summed E-state index contributed by atoms with van der Waals surface area (Å²) in [6.45, 7) is 8.86. The molecule has 0 spiro atoms. The predicted octanol–water partition coefficient (Wildman–Crippen LogP) is 5.90. The molecule has 0 unspecified atom stereocenters. The highest BCUT2D eigenvalue weighted by molar-refractivity contribution is 7.09. The largest absolute Gasteiger partial charge is 0.292 e. The highest BCUT2D eigenvalue weighted by Gasteiger charge is 2.38. The van der Waals surface area contributed by atoms with Gasteiger partial charge < -0.3 is 0 Å². The Morgan fingerprint density at radius 2 is 1.93 bits per heavy atom. The molecule has 3 aromatic rings. The molecular weight excluding hydrogens is 352 g/mol. The lowest BCUT2D eigenvalue weighted by Crippen LogP contribution is -2.28. The summed E-state index contributed by atoms with van der Waals surface area (Å²) in [6.07, 6.45) is 2.26. The second-order valence-corrected chi connectivity index (χ2v) is 9.42. The van der Waals surface area contributed by atoms with Gasteiger partial charge in [-0.05, 0) is 46.9 Å². The minimum atomic E-state index is -0.0358. The fourth-order valence-electron chi connectivity index (χ4n) is 3.99. The number of rotatable bonds is 4. The standard InChI is InChI=1S/C23H26N2OS/c1-15(2)16-7-9-17(10-8-16)25-22-20(26)11-12-23(3,4)21(22)19(24-25)14-18-6-5-13-27-18/h5-10,13,15H,11-12,14H2,1-4H3. The van der Waals surface area contributed by atoms with E-state index in [0.29, 0.717) is 12.3 Å². The van der Waals surface area contributed by atoms with Crippen molar-refractivity contribution in [1.82, 2.24) is 9.78 Å². The molecule has 27 heavy (non-hydrogen) atoms. The molecule has 1 aromatic carbocycles. The lowest BCUT2D eigenvalue weighted by molar-refractivity contribution is 0.0948. The fraction of sp³-hybridized carbons (Fsp3) is 0.391. The van der Waals surface area contributed by atoms with Gasteiger partial charge in [0.15, 0.2) is 5.78 Å². The highest BCUT2D eigenvalue weighted by atomic mass is 32.1. The van der Waals surface area contributed by atoms with Gasteiger partial charge in [-0.2, -0.15) is 5.10 Å². The van der Waals surface area contributed by atoms with Crippen LogP contribution in [0.3, 0.4) is 0 Å². The van der Waals surface area contributed by atoms with Crippen LogP contribution in [-0.4, -0.2) is 15.6 Å². The molecule has 0 N–H and O–H groups in total. The molecule has 140 valence electrons. The molecule has 0 bridgehead atoms. The molecule has 4 heteroatoms. The van der Waals surface area contributed by atoms with Gasteiger partial charge in [0, 0.05) is 23.3 Å². The summed E-state index contributed by atoms with van der Waals surface area (Å²) in [4.78, 5) is 14.2. The number of hydrogen-bond donors (Lipinski definition) is 0. The molecular formula is C23H26N2OS. The number of benzene rings is 1. The number of nitrogens with zero attached hydrogens (tertiary/aromatic N) is 2. The van der Waals surface area contributed by atoms with Crippen LogP contribution in [0.1, 0.15) is 78.6 Å². The van der Waals surface area contributed by atoms with Crippen LogP contribution >= 0.6 is 11.3 Å². The van der Waals surface area contributed by atoms with Crippen LogP contribution in [0.25, 0.3) is 5.69 Å². The number of ketones is 1. The van der Waals surface area contributed by atoms with Crippen molar-refractivity contribution in [2.75, 3.05) is 0 Å². The number of aromatic nitrogens is 2. The summed E-state index contributed by atoms with van der Waals surface area (Å²) in [7, 11) is 0. The SMILES string of the molecule is CC(C)c1ccc(-n2nc(Cc3cccs3)c3c2C(=O)CCC3(C)C)cc1. The lowest BCUT2D eigenvalue weighted by atomic mass is 9.73. The Hall–Kier alpha value is -2.20. The van der Waals surface area contributed by atoms with Crippen LogP contribution in [0.2, 0.25) is 0 Å². The Bertz CT molecular complexity index is 963. The van der Waals surface area contributed by atoms with Crippen LogP contribution in [0.4, 0.5) is 0 Å². The van der Waals surface area contributed by atoms with E-state index in [-0.39, 0.29) is 11.2 Å². The first-order chi connectivity index (χ1) is 12.9. The summed E-state index contributed by atoms with van der Waals surface area (Å²) in [6, 6.07) is 12.7. The maximum atomic E-state index is 12.9. The molecule has 0 saturated heterocycles. The number of Topliss-reactive ketones (excluding diaryl/α,β-unsaturated/α-hetero) is 1. The summed E-state index contributed by atoms with van der Waals surface area (Å²) >= 11 is 1.75. The quantitative estimate of drug-likeness (QED) is 0.566. The van der Waals surface area contributed by atoms with Crippen molar-refractivity contribution < 1.29 is 4.79 Å². The third kappa shape index (κ3) is 3.27. The molecule has 0 amide bonds. The van der Waals surface area contributed by atoms with Crippen LogP contribution in [-0.2, 0) is 11.8 Å². The maximum Gasteiger partial charge on any atom is 0.181 e. The molecule has 2 aromatic heterocycles. The first-order valence-electron chi connectivity index (χ1n) is 9.65. The molecule has 3 nitrogen and oxygen atoms in total. The highest BCUT2D eigenvalue weighted by Crippen LogP contribution is 2.40. The zero-order chi connectivity index (χ0) is 19.2. The third-order valence-electron chi connectivity index (χ3n) is 5.60. The van der Waals surface area contributed by atoms with E-state index >= 15 is 0 Å². The smallest absolute Gasteiger partial charge is 0.181 e. The molecule has 0 aliphatic heterocycles. The van der Waals surface area contributed by atoms with Gasteiger partial charge in [0.05, 0.1) is 11.4 Å². The van der Waals surface area contributed by atoms with E-state index in [1.165, 1.54) is 10.4 Å². The average Bonchev–Trinajstić information content (AvgIpc) is 3.28. The summed E-state index contributed by atoms with van der Waals surface area (Å²) in [5, 5.41) is 7.06. The lowest BCUT2D eigenvalue weighted by Gasteiger charge is -2.30. The first-order valence-corrected chi connectivity index (χ1v) is 10.5. The zero-order valence-electron chi connectivity index (χ0n) is 16.5. The van der Waals surface area contributed by atoms with Crippen molar-refractivity contribution in [3.63, 3.8) is 0 Å². The van der Waals surface area contributed by atoms with Crippen molar-refractivity contribution in [3.8, 4) is 5.69 Å². The first kappa shape index (κ1) is 18.2. The van der Waals surface area contributed by atoms with E-state index in [1.54, 1.807) is 11.3 Å². The predicted molar refractivity (Wildman–Crippen MR) is 111 cm³/mol. The van der Waals surface area contributed by atoms with E-state index in [9.17, 15) is 4.79 Å². The number of fused-ring (bicyclic) bond motifs is 1. The van der Waals surface area contributed by atoms with Crippen LogP contribution in [0, 0.1) is 0 Å². The van der Waals surface area contributed by atoms with Crippen molar-refractivity contribution in [2.45, 2.75) is 58.3 Å². The normalized spacial score (nSPS) is 16.0. The second-order valence-electron chi connectivity index (χ2n) is 8.39. The molecule has 0 atom stereocenters. The number of carbonyl (C=O) groups excluding carboxylic acids is 1. The van der Waals surface area contributed by atoms with Gasteiger partial charge in [0.25, 0.3) is 0 Å². The van der Waals surface area contributed by atoms with E-state index in [4.69, 9.17) is 5.10 Å². The Kier molecular flexibility index (Phi) is 4.55. The topological polar surface area (TPSA) is 34.9 Å². The minimum Gasteiger partial charge on any atom is -0.292 e. The average molecular weight is 379 g/mol. The molecule has 0 radical (unpaired) electrons. The van der Waals surface area contributed by atoms with E-state index < -0.39 is 0 Å². The molecule has 0 saturated carbocycles. The van der Waals surface area contributed by atoms with Crippen LogP contribution in [0.15, 0.2) is 41.8 Å². The van der Waals surface area contributed by atoms with Gasteiger partial charge in [-0.15, -0.1) is 11.3 Å². The van der Waals surface area contributed by atoms with Crippen LogP contribution < -0.4 is 0 Å². The molecule has 0 fully saturated rings. The van der Waals surface area contributed by atoms with Crippen LogP contribution in [0.5, 0.6) is 0 Å². The molecule has 1 aliphatic rings. The number of hydrogen-bond acceptors (Lipinski definition) is 3. The van der Waals surface area contributed by atoms with Crippen molar-refractivity contribution in [1.29, 1.82) is 0 Å². The summed E-state index contributed by atoms with van der Waals surface area (Å²) in [5.74, 6) is 0.697. The number of carbonyl (C=O) groups is 1. The van der Waals surface area contributed by atoms with Gasteiger partial charge in [0.2, 0.25) is 0 Å². The monoisotopic (exact) mass is 378 g/mol. The van der Waals surface area contributed by atoms with Gasteiger partial charge in [0.1, 0.15) is 5.69 Å². The van der Waals surface area contributed by atoms with Crippen molar-refractivity contribution in [2.24, 2.45) is 0 Å². The fourth-order valence-corrected chi connectivity index (χ4v) is 4.70. The van der Waals surface area contributed by atoms with Gasteiger partial charge >= 0.3 is 0 Å². The van der Waals surface area contributed by atoms with E-state index in [0.717, 1.165) is 35.5 Å². The maximum absolute atomic E-state index is 12.9. The minimum absolute atomic E-state index is 0.0358. The van der Waals surface area contributed by atoms with Gasteiger partial charge in [-0.25, -0.2) is 4.68 Å². The second kappa shape index (κ2) is 6.75. The Morgan fingerprint density at radius 3 is 2.56 bits per heavy atom.